The fourth-order valence-corrected chi connectivity index (χ4v) is 6.98. The minimum absolute atomic E-state index is 0.0808. The summed E-state index contributed by atoms with van der Waals surface area (Å²) in [6, 6.07) is 0.354. The average molecular weight is 317 g/mol. The molecule has 1 N–H and O–H groups in total. The quantitative estimate of drug-likeness (QED) is 0.744. The molecule has 7 atom stereocenters. The first-order chi connectivity index (χ1) is 10.7. The number of likely N-dealkylation sites (N-methyl/N-ethyl adjacent to an activating group) is 1. The van der Waals surface area contributed by atoms with E-state index in [-0.39, 0.29) is 16.7 Å². The molecule has 128 valence electrons. The summed E-state index contributed by atoms with van der Waals surface area (Å²) in [4.78, 5) is 14.1. The van der Waals surface area contributed by atoms with Crippen LogP contribution < -0.4 is 0 Å². The molecule has 0 aromatic carbocycles. The Bertz CT molecular complexity index is 568. The summed E-state index contributed by atoms with van der Waals surface area (Å²) in [7, 11) is 1.97. The van der Waals surface area contributed by atoms with E-state index in [0.29, 0.717) is 23.8 Å². The van der Waals surface area contributed by atoms with Crippen molar-refractivity contribution in [1.82, 2.24) is 4.90 Å². The van der Waals surface area contributed by atoms with Gasteiger partial charge in [0.05, 0.1) is 5.60 Å². The second-order valence-corrected chi connectivity index (χ2v) is 9.39. The third-order valence-electron chi connectivity index (χ3n) is 8.69. The zero-order valence-corrected chi connectivity index (χ0v) is 15.0. The Labute approximate surface area is 140 Å². The highest BCUT2D eigenvalue weighted by atomic mass is 16.3. The van der Waals surface area contributed by atoms with Crippen molar-refractivity contribution in [2.75, 3.05) is 7.05 Å². The molecule has 0 spiro atoms. The summed E-state index contributed by atoms with van der Waals surface area (Å²) in [6.07, 6.45) is 10.8. The van der Waals surface area contributed by atoms with E-state index in [1.165, 1.54) is 19.3 Å². The largest absolute Gasteiger partial charge is 0.390 e. The molecule has 1 heterocycles. The van der Waals surface area contributed by atoms with Gasteiger partial charge in [-0.1, -0.05) is 19.9 Å². The van der Waals surface area contributed by atoms with Gasteiger partial charge >= 0.3 is 0 Å². The van der Waals surface area contributed by atoms with Crippen molar-refractivity contribution in [2.24, 2.45) is 28.6 Å². The molecule has 0 saturated heterocycles. The summed E-state index contributed by atoms with van der Waals surface area (Å²) in [5, 5.41) is 10.9. The van der Waals surface area contributed by atoms with E-state index < -0.39 is 5.60 Å². The number of fused-ring (bicyclic) bond motifs is 5. The average Bonchev–Trinajstić information content (AvgIpc) is 2.74. The Hall–Kier alpha value is -0.830. The molecule has 3 nitrogen and oxygen atoms in total. The van der Waals surface area contributed by atoms with Crippen LogP contribution >= 0.6 is 0 Å². The van der Waals surface area contributed by atoms with E-state index in [0.717, 1.165) is 19.3 Å². The minimum Gasteiger partial charge on any atom is -0.390 e. The molecule has 4 rings (SSSR count). The third kappa shape index (κ3) is 1.83. The standard InChI is InChI=1S/C20H31NO2/c1-18-10-9-17(22)21(4)16(18)6-5-13-14(18)7-11-19(2)15(13)8-12-20(19,3)23/h9-10,13-16,23H,5-8,11-12H2,1-4H3/t13?,14?,15-,16+,18+,19-,20-/m0/s1. The van der Waals surface area contributed by atoms with Crippen LogP contribution in [0.25, 0.3) is 0 Å². The van der Waals surface area contributed by atoms with Gasteiger partial charge in [0, 0.05) is 18.5 Å². The molecule has 3 heteroatoms. The highest BCUT2D eigenvalue weighted by Crippen LogP contribution is 2.66. The maximum atomic E-state index is 12.1. The van der Waals surface area contributed by atoms with Gasteiger partial charge in [-0.2, -0.15) is 0 Å². The van der Waals surface area contributed by atoms with E-state index in [1.807, 2.05) is 11.9 Å². The van der Waals surface area contributed by atoms with Crippen molar-refractivity contribution in [3.8, 4) is 0 Å². The maximum Gasteiger partial charge on any atom is 0.246 e. The molecule has 23 heavy (non-hydrogen) atoms. The van der Waals surface area contributed by atoms with Crippen LogP contribution in [0, 0.1) is 28.6 Å². The second-order valence-electron chi connectivity index (χ2n) is 9.39. The number of carbonyl (C=O) groups excluding carboxylic acids is 1. The van der Waals surface area contributed by atoms with Crippen LogP contribution in [0.3, 0.4) is 0 Å². The van der Waals surface area contributed by atoms with Crippen molar-refractivity contribution < 1.29 is 9.90 Å². The molecular formula is C20H31NO2. The Balaban J connectivity index is 1.70. The first kappa shape index (κ1) is 15.7. The molecule has 3 saturated carbocycles. The summed E-state index contributed by atoms with van der Waals surface area (Å²) in [6.45, 7) is 6.78. The van der Waals surface area contributed by atoms with Gasteiger partial charge in [0.1, 0.15) is 0 Å². The number of hydrogen-bond acceptors (Lipinski definition) is 2. The molecule has 1 amide bonds. The van der Waals surface area contributed by atoms with Crippen molar-refractivity contribution >= 4 is 5.91 Å². The number of amides is 1. The topological polar surface area (TPSA) is 40.5 Å². The zero-order chi connectivity index (χ0) is 16.6. The SMILES string of the molecule is CN1C(=O)C=C[C@]2(C)C3CC[C@@]4(C)[C@@H](CC[C@]4(C)O)C3CC[C@@H]12. The number of rotatable bonds is 0. The number of aliphatic hydroxyl groups is 1. The monoisotopic (exact) mass is 317 g/mol. The molecule has 3 aliphatic carbocycles. The van der Waals surface area contributed by atoms with Gasteiger partial charge < -0.3 is 10.0 Å². The first-order valence-electron chi connectivity index (χ1n) is 9.39. The molecule has 0 aromatic heterocycles. The molecule has 1 aliphatic heterocycles. The van der Waals surface area contributed by atoms with Gasteiger partial charge in [0.15, 0.2) is 0 Å². The van der Waals surface area contributed by atoms with E-state index in [1.54, 1.807) is 6.08 Å². The third-order valence-corrected chi connectivity index (χ3v) is 8.69. The lowest BCUT2D eigenvalue weighted by atomic mass is 9.47. The first-order valence-corrected chi connectivity index (χ1v) is 9.39. The van der Waals surface area contributed by atoms with Crippen molar-refractivity contribution in [2.45, 2.75) is 70.9 Å². The summed E-state index contributed by atoms with van der Waals surface area (Å²) < 4.78 is 0. The highest BCUT2D eigenvalue weighted by molar-refractivity contribution is 5.89. The van der Waals surface area contributed by atoms with E-state index >= 15 is 0 Å². The Morgan fingerprint density at radius 2 is 1.78 bits per heavy atom. The van der Waals surface area contributed by atoms with E-state index in [4.69, 9.17) is 0 Å². The van der Waals surface area contributed by atoms with Crippen LogP contribution in [-0.2, 0) is 4.79 Å². The van der Waals surface area contributed by atoms with E-state index in [9.17, 15) is 9.90 Å². The summed E-state index contributed by atoms with van der Waals surface area (Å²) in [5.74, 6) is 2.16. The molecule has 4 aliphatic rings. The van der Waals surface area contributed by atoms with Gasteiger partial charge in [0.2, 0.25) is 5.91 Å². The van der Waals surface area contributed by atoms with Gasteiger partial charge in [-0.05, 0) is 74.7 Å². The zero-order valence-electron chi connectivity index (χ0n) is 15.0. The van der Waals surface area contributed by atoms with Crippen molar-refractivity contribution in [3.05, 3.63) is 12.2 Å². The normalized spacial score (nSPS) is 55.3. The fourth-order valence-electron chi connectivity index (χ4n) is 6.98. The van der Waals surface area contributed by atoms with Gasteiger partial charge in [-0.25, -0.2) is 0 Å². The number of hydrogen-bond donors (Lipinski definition) is 1. The van der Waals surface area contributed by atoms with Crippen LogP contribution in [0.5, 0.6) is 0 Å². The van der Waals surface area contributed by atoms with Gasteiger partial charge in [0.25, 0.3) is 0 Å². The minimum atomic E-state index is -0.504. The lowest BCUT2D eigenvalue weighted by Crippen LogP contribution is -2.60. The van der Waals surface area contributed by atoms with E-state index in [2.05, 4.69) is 26.8 Å². The molecule has 3 fully saturated rings. The maximum absolute atomic E-state index is 12.1. The lowest BCUT2D eigenvalue weighted by molar-refractivity contribution is -0.146. The predicted octanol–water partition coefficient (Wildman–Crippen LogP) is 3.38. The van der Waals surface area contributed by atoms with Crippen molar-refractivity contribution in [1.29, 1.82) is 0 Å². The second kappa shape index (κ2) is 4.62. The molecular weight excluding hydrogens is 286 g/mol. The predicted molar refractivity (Wildman–Crippen MR) is 90.7 cm³/mol. The summed E-state index contributed by atoms with van der Waals surface area (Å²) in [5.41, 5.74) is -0.311. The van der Waals surface area contributed by atoms with Crippen LogP contribution in [-0.4, -0.2) is 34.6 Å². The van der Waals surface area contributed by atoms with Crippen LogP contribution in [0.4, 0.5) is 0 Å². The lowest BCUT2D eigenvalue weighted by Gasteiger charge is -2.60. The molecule has 0 aromatic rings. The molecule has 2 unspecified atom stereocenters. The molecule has 0 bridgehead atoms. The molecule has 0 radical (unpaired) electrons. The van der Waals surface area contributed by atoms with Crippen LogP contribution in [0.1, 0.15) is 59.3 Å². The smallest absolute Gasteiger partial charge is 0.246 e. The Morgan fingerprint density at radius 3 is 2.52 bits per heavy atom. The van der Waals surface area contributed by atoms with Crippen molar-refractivity contribution in [3.63, 3.8) is 0 Å². The van der Waals surface area contributed by atoms with Crippen LogP contribution in [0.2, 0.25) is 0 Å². The van der Waals surface area contributed by atoms with Gasteiger partial charge in [-0.3, -0.25) is 4.79 Å². The number of nitrogens with zero attached hydrogens (tertiary/aromatic N) is 1. The van der Waals surface area contributed by atoms with Crippen LogP contribution in [0.15, 0.2) is 12.2 Å². The summed E-state index contributed by atoms with van der Waals surface area (Å²) >= 11 is 0. The Kier molecular flexibility index (Phi) is 3.15. The number of carbonyl (C=O) groups is 1. The highest BCUT2D eigenvalue weighted by Gasteiger charge is 2.63. The fraction of sp³-hybridized carbons (Fsp3) is 0.850. The van der Waals surface area contributed by atoms with Gasteiger partial charge in [-0.15, -0.1) is 0 Å². The Morgan fingerprint density at radius 1 is 1.09 bits per heavy atom.